The summed E-state index contributed by atoms with van der Waals surface area (Å²) >= 11 is 6.04. The quantitative estimate of drug-likeness (QED) is 0.361. The number of aliphatic hydroxyl groups excluding tert-OH is 1. The van der Waals surface area contributed by atoms with Crippen molar-refractivity contribution >= 4 is 29.1 Å². The van der Waals surface area contributed by atoms with E-state index in [2.05, 4.69) is 0 Å². The maximum atomic E-state index is 13.1. The fraction of sp³-hybridized carbons (Fsp3) is 0.333. The predicted molar refractivity (Wildman–Crippen MR) is 121 cm³/mol. The number of carbonyl (C=O) groups is 2. The lowest BCUT2D eigenvalue weighted by Crippen LogP contribution is -2.33. The number of amides is 1. The molecule has 1 fully saturated rings. The van der Waals surface area contributed by atoms with E-state index in [1.165, 1.54) is 19.1 Å². The summed E-state index contributed by atoms with van der Waals surface area (Å²) < 4.78 is 16.2. The van der Waals surface area contributed by atoms with Gasteiger partial charge >= 0.3 is 0 Å². The Bertz CT molecular complexity index is 1030. The maximum absolute atomic E-state index is 13.1. The molecule has 1 saturated heterocycles. The zero-order chi connectivity index (χ0) is 23.4. The molecule has 1 aliphatic heterocycles. The Morgan fingerprint density at radius 2 is 1.78 bits per heavy atom. The van der Waals surface area contributed by atoms with E-state index in [0.717, 1.165) is 0 Å². The summed E-state index contributed by atoms with van der Waals surface area (Å²) in [5.41, 5.74) is 0.904. The number of benzene rings is 2. The Balaban J connectivity index is 2.13. The van der Waals surface area contributed by atoms with Crippen LogP contribution in [0.2, 0.25) is 5.02 Å². The van der Waals surface area contributed by atoms with E-state index < -0.39 is 17.7 Å². The van der Waals surface area contributed by atoms with Crippen molar-refractivity contribution < 1.29 is 28.9 Å². The van der Waals surface area contributed by atoms with Crippen LogP contribution in [0.1, 0.15) is 31.0 Å². The second-order valence-electron chi connectivity index (χ2n) is 7.53. The number of likely N-dealkylation sites (tertiary alicyclic amines) is 1. The van der Waals surface area contributed by atoms with E-state index in [0.29, 0.717) is 22.1 Å². The molecule has 1 heterocycles. The molecule has 0 aliphatic carbocycles. The van der Waals surface area contributed by atoms with Gasteiger partial charge in [0.1, 0.15) is 17.3 Å². The van der Waals surface area contributed by atoms with Crippen LogP contribution in [0.3, 0.4) is 0 Å². The molecule has 1 unspecified atom stereocenters. The van der Waals surface area contributed by atoms with E-state index in [4.69, 9.17) is 25.8 Å². The van der Waals surface area contributed by atoms with Gasteiger partial charge in [-0.05, 0) is 43.7 Å². The van der Waals surface area contributed by atoms with Crippen molar-refractivity contribution in [3.8, 4) is 11.5 Å². The maximum Gasteiger partial charge on any atom is 0.295 e. The number of hydrogen-bond donors (Lipinski definition) is 1. The standard InChI is InChI=1S/C24H26ClNO6/c1-14(2)32-12-11-26-21(15-5-7-16(25)8-6-15)20(23(28)24(26)29)22(27)18-10-9-17(30-3)13-19(18)31-4/h5-10,13-14,21,27H,11-12H2,1-4H3/b22-20-. The molecule has 1 N–H and O–H groups in total. The van der Waals surface area contributed by atoms with Gasteiger partial charge in [-0.3, -0.25) is 9.59 Å². The molecule has 1 amide bonds. The number of ketones is 1. The number of ether oxygens (including phenoxy) is 3. The fourth-order valence-corrected chi connectivity index (χ4v) is 3.75. The van der Waals surface area contributed by atoms with Crippen molar-refractivity contribution in [2.45, 2.75) is 26.0 Å². The van der Waals surface area contributed by atoms with Gasteiger partial charge in [-0.15, -0.1) is 0 Å². The summed E-state index contributed by atoms with van der Waals surface area (Å²) in [6.07, 6.45) is -0.0237. The Kier molecular flexibility index (Phi) is 7.43. The number of aliphatic hydroxyl groups is 1. The highest BCUT2D eigenvalue weighted by Gasteiger charge is 2.46. The Morgan fingerprint density at radius 1 is 1.09 bits per heavy atom. The predicted octanol–water partition coefficient (Wildman–Crippen LogP) is 4.20. The van der Waals surface area contributed by atoms with E-state index in [-0.39, 0.29) is 36.2 Å². The molecule has 32 heavy (non-hydrogen) atoms. The first-order valence-electron chi connectivity index (χ1n) is 10.2. The van der Waals surface area contributed by atoms with Crippen LogP contribution in [0.25, 0.3) is 5.76 Å². The SMILES string of the molecule is COc1ccc(/C(O)=C2/C(=O)C(=O)N(CCOC(C)C)C2c2ccc(Cl)cc2)c(OC)c1. The second-order valence-corrected chi connectivity index (χ2v) is 7.97. The number of hydrogen-bond acceptors (Lipinski definition) is 6. The van der Waals surface area contributed by atoms with Crippen molar-refractivity contribution in [2.24, 2.45) is 0 Å². The first-order chi connectivity index (χ1) is 15.3. The summed E-state index contributed by atoms with van der Waals surface area (Å²) in [6, 6.07) is 10.8. The van der Waals surface area contributed by atoms with Crippen LogP contribution in [-0.4, -0.2) is 55.2 Å². The third-order valence-corrected chi connectivity index (χ3v) is 5.42. The molecule has 0 radical (unpaired) electrons. The number of carbonyl (C=O) groups excluding carboxylic acids is 2. The van der Waals surface area contributed by atoms with Crippen molar-refractivity contribution in [1.82, 2.24) is 4.90 Å². The lowest BCUT2D eigenvalue weighted by Gasteiger charge is -2.26. The van der Waals surface area contributed by atoms with Crippen LogP contribution >= 0.6 is 11.6 Å². The summed E-state index contributed by atoms with van der Waals surface area (Å²) in [5, 5.41) is 11.7. The summed E-state index contributed by atoms with van der Waals surface area (Å²) in [6.45, 7) is 4.22. The highest BCUT2D eigenvalue weighted by molar-refractivity contribution is 6.46. The van der Waals surface area contributed by atoms with Crippen LogP contribution in [0, 0.1) is 0 Å². The summed E-state index contributed by atoms with van der Waals surface area (Å²) in [7, 11) is 2.96. The van der Waals surface area contributed by atoms with Crippen molar-refractivity contribution in [1.29, 1.82) is 0 Å². The van der Waals surface area contributed by atoms with Crippen molar-refractivity contribution in [2.75, 3.05) is 27.4 Å². The topological polar surface area (TPSA) is 85.3 Å². The zero-order valence-corrected chi connectivity index (χ0v) is 19.2. The molecule has 8 heteroatoms. The van der Waals surface area contributed by atoms with E-state index in [1.54, 1.807) is 42.5 Å². The van der Waals surface area contributed by atoms with Crippen LogP contribution < -0.4 is 9.47 Å². The molecule has 0 aromatic heterocycles. The monoisotopic (exact) mass is 459 g/mol. The zero-order valence-electron chi connectivity index (χ0n) is 18.4. The van der Waals surface area contributed by atoms with Gasteiger partial charge in [0.25, 0.3) is 11.7 Å². The first kappa shape index (κ1) is 23.6. The number of halogens is 1. The number of methoxy groups -OCH3 is 2. The van der Waals surface area contributed by atoms with Gasteiger partial charge in [-0.1, -0.05) is 23.7 Å². The van der Waals surface area contributed by atoms with E-state index in [9.17, 15) is 14.7 Å². The lowest BCUT2D eigenvalue weighted by atomic mass is 9.95. The third-order valence-electron chi connectivity index (χ3n) is 5.17. The largest absolute Gasteiger partial charge is 0.507 e. The minimum Gasteiger partial charge on any atom is -0.507 e. The molecular weight excluding hydrogens is 434 g/mol. The average Bonchev–Trinajstić information content (AvgIpc) is 3.03. The van der Waals surface area contributed by atoms with Gasteiger partial charge in [0.2, 0.25) is 0 Å². The molecular formula is C24H26ClNO6. The summed E-state index contributed by atoms with van der Waals surface area (Å²) in [4.78, 5) is 27.4. The fourth-order valence-electron chi connectivity index (χ4n) is 3.63. The van der Waals surface area contributed by atoms with E-state index >= 15 is 0 Å². The molecule has 170 valence electrons. The number of rotatable bonds is 8. The Labute approximate surface area is 192 Å². The highest BCUT2D eigenvalue weighted by Crippen LogP contribution is 2.41. The average molecular weight is 460 g/mol. The van der Waals surface area contributed by atoms with Gasteiger partial charge in [0.05, 0.1) is 44.1 Å². The highest BCUT2D eigenvalue weighted by atomic mass is 35.5. The molecule has 1 aliphatic rings. The van der Waals surface area contributed by atoms with E-state index in [1.807, 2.05) is 13.8 Å². The molecule has 0 bridgehead atoms. The normalized spacial score (nSPS) is 17.8. The summed E-state index contributed by atoms with van der Waals surface area (Å²) in [5.74, 6) is -0.962. The Hall–Kier alpha value is -3.03. The first-order valence-corrected chi connectivity index (χ1v) is 10.5. The second kappa shape index (κ2) is 10.1. The Morgan fingerprint density at radius 3 is 2.38 bits per heavy atom. The van der Waals surface area contributed by atoms with Crippen LogP contribution in [-0.2, 0) is 14.3 Å². The molecule has 2 aromatic rings. The molecule has 1 atom stereocenters. The minimum absolute atomic E-state index is 0.0228. The van der Waals surface area contributed by atoms with Crippen LogP contribution in [0.15, 0.2) is 48.0 Å². The van der Waals surface area contributed by atoms with Gasteiger partial charge in [0.15, 0.2) is 0 Å². The van der Waals surface area contributed by atoms with Crippen molar-refractivity contribution in [3.63, 3.8) is 0 Å². The smallest absolute Gasteiger partial charge is 0.295 e. The number of Topliss-reactive ketones (excluding diaryl/α,β-unsaturated/α-hetero) is 1. The van der Waals surface area contributed by atoms with Gasteiger partial charge in [-0.2, -0.15) is 0 Å². The molecule has 7 nitrogen and oxygen atoms in total. The van der Waals surface area contributed by atoms with Gasteiger partial charge in [0, 0.05) is 17.6 Å². The molecule has 2 aromatic carbocycles. The molecule has 0 saturated carbocycles. The molecule has 3 rings (SSSR count). The van der Waals surface area contributed by atoms with Crippen molar-refractivity contribution in [3.05, 3.63) is 64.2 Å². The molecule has 0 spiro atoms. The van der Waals surface area contributed by atoms with Crippen LogP contribution in [0.4, 0.5) is 0 Å². The van der Waals surface area contributed by atoms with Gasteiger partial charge in [-0.25, -0.2) is 0 Å². The third kappa shape index (κ3) is 4.74. The minimum atomic E-state index is -0.796. The van der Waals surface area contributed by atoms with Crippen LogP contribution in [0.5, 0.6) is 11.5 Å². The number of nitrogens with zero attached hydrogens (tertiary/aromatic N) is 1. The lowest BCUT2D eigenvalue weighted by molar-refractivity contribution is -0.140. The van der Waals surface area contributed by atoms with Gasteiger partial charge < -0.3 is 24.2 Å².